The molecule has 0 aromatic heterocycles. The minimum absolute atomic E-state index is 0.179. The van der Waals surface area contributed by atoms with Crippen molar-refractivity contribution >= 4 is 52.8 Å². The molecule has 1 heterocycles. The zero-order chi connectivity index (χ0) is 22.7. The molecule has 8 heteroatoms. The number of hydrogen-bond donors (Lipinski definition) is 1. The predicted octanol–water partition coefficient (Wildman–Crippen LogP) is 5.24. The van der Waals surface area contributed by atoms with Gasteiger partial charge in [-0.05, 0) is 47.5 Å². The van der Waals surface area contributed by atoms with Gasteiger partial charge >= 0.3 is 6.03 Å². The van der Waals surface area contributed by atoms with E-state index in [4.69, 9.17) is 27.9 Å². The summed E-state index contributed by atoms with van der Waals surface area (Å²) in [6, 6.07) is 20.1. The summed E-state index contributed by atoms with van der Waals surface area (Å²) in [5.41, 5.74) is 1.65. The van der Waals surface area contributed by atoms with Gasteiger partial charge in [-0.1, -0.05) is 65.7 Å². The maximum absolute atomic E-state index is 12.9. The molecule has 0 unspecified atom stereocenters. The summed E-state index contributed by atoms with van der Waals surface area (Å²) in [5.74, 6) is -0.898. The lowest BCUT2D eigenvalue weighted by Gasteiger charge is -2.26. The summed E-state index contributed by atoms with van der Waals surface area (Å²) in [4.78, 5) is 38.4. The molecule has 0 aliphatic carbocycles. The molecule has 0 saturated carbocycles. The number of hydrogen-bond acceptors (Lipinski definition) is 4. The molecule has 1 saturated heterocycles. The fourth-order valence-corrected chi connectivity index (χ4v) is 3.38. The van der Waals surface area contributed by atoms with Crippen molar-refractivity contribution in [1.82, 2.24) is 5.32 Å². The van der Waals surface area contributed by atoms with Crippen molar-refractivity contribution in [2.24, 2.45) is 0 Å². The van der Waals surface area contributed by atoms with E-state index in [1.165, 1.54) is 24.3 Å². The molecule has 1 N–H and O–H groups in total. The summed E-state index contributed by atoms with van der Waals surface area (Å²) in [6.45, 7) is 0.420. The molecule has 6 nitrogen and oxygen atoms in total. The SMILES string of the molecule is O=C1NC(=O)N(c2ccc(Cl)c(Cl)c2)C(=O)/C1=C/c1ccc(OCc2ccccc2)cc1. The Balaban J connectivity index is 1.54. The lowest BCUT2D eigenvalue weighted by Crippen LogP contribution is -2.54. The summed E-state index contributed by atoms with van der Waals surface area (Å²) in [5, 5.41) is 2.63. The number of imide groups is 2. The minimum atomic E-state index is -0.861. The quantitative estimate of drug-likeness (QED) is 0.412. The zero-order valence-corrected chi connectivity index (χ0v) is 18.1. The molecule has 1 aliphatic rings. The van der Waals surface area contributed by atoms with E-state index in [-0.39, 0.29) is 21.3 Å². The number of carbonyl (C=O) groups excluding carboxylic acids is 3. The smallest absolute Gasteiger partial charge is 0.335 e. The van der Waals surface area contributed by atoms with E-state index in [1.54, 1.807) is 24.3 Å². The molecular formula is C24H16Cl2N2O4. The number of amides is 4. The van der Waals surface area contributed by atoms with Crippen LogP contribution in [-0.2, 0) is 16.2 Å². The second kappa shape index (κ2) is 9.26. The summed E-state index contributed by atoms with van der Waals surface area (Å²) in [6.07, 6.45) is 1.41. The highest BCUT2D eigenvalue weighted by Crippen LogP contribution is 2.29. The van der Waals surface area contributed by atoms with Crippen LogP contribution in [-0.4, -0.2) is 17.8 Å². The molecule has 3 aromatic carbocycles. The topological polar surface area (TPSA) is 75.7 Å². The van der Waals surface area contributed by atoms with E-state index in [0.717, 1.165) is 10.5 Å². The highest BCUT2D eigenvalue weighted by molar-refractivity contribution is 6.43. The number of urea groups is 1. The predicted molar refractivity (Wildman–Crippen MR) is 123 cm³/mol. The maximum Gasteiger partial charge on any atom is 0.335 e. The Kier molecular flexibility index (Phi) is 6.25. The van der Waals surface area contributed by atoms with Gasteiger partial charge in [-0.25, -0.2) is 9.69 Å². The Labute approximate surface area is 194 Å². The molecule has 0 radical (unpaired) electrons. The summed E-state index contributed by atoms with van der Waals surface area (Å²) < 4.78 is 5.75. The van der Waals surface area contributed by atoms with Crippen LogP contribution in [0.1, 0.15) is 11.1 Å². The monoisotopic (exact) mass is 466 g/mol. The number of halogens is 2. The van der Waals surface area contributed by atoms with Crippen molar-refractivity contribution in [3.8, 4) is 5.75 Å². The third-order valence-corrected chi connectivity index (χ3v) is 5.44. The third-order valence-electron chi connectivity index (χ3n) is 4.70. The molecule has 4 rings (SSSR count). The first kappa shape index (κ1) is 21.6. The van der Waals surface area contributed by atoms with Crippen LogP contribution >= 0.6 is 23.2 Å². The molecular weight excluding hydrogens is 451 g/mol. The minimum Gasteiger partial charge on any atom is -0.489 e. The van der Waals surface area contributed by atoms with Crippen molar-refractivity contribution in [2.75, 3.05) is 4.90 Å². The second-order valence-electron chi connectivity index (χ2n) is 6.90. The van der Waals surface area contributed by atoms with E-state index in [2.05, 4.69) is 5.32 Å². The zero-order valence-electron chi connectivity index (χ0n) is 16.5. The number of barbiturate groups is 1. The van der Waals surface area contributed by atoms with Crippen molar-refractivity contribution < 1.29 is 19.1 Å². The van der Waals surface area contributed by atoms with Gasteiger partial charge in [0, 0.05) is 0 Å². The number of ether oxygens (including phenoxy) is 1. The normalized spacial score (nSPS) is 15.1. The molecule has 0 atom stereocenters. The maximum atomic E-state index is 12.9. The number of nitrogens with zero attached hydrogens (tertiary/aromatic N) is 1. The highest BCUT2D eigenvalue weighted by atomic mass is 35.5. The molecule has 0 bridgehead atoms. The molecule has 32 heavy (non-hydrogen) atoms. The van der Waals surface area contributed by atoms with Gasteiger partial charge in [0.1, 0.15) is 17.9 Å². The summed E-state index contributed by atoms with van der Waals surface area (Å²) >= 11 is 11.9. The largest absolute Gasteiger partial charge is 0.489 e. The molecule has 1 aliphatic heterocycles. The first-order valence-electron chi connectivity index (χ1n) is 9.55. The number of benzene rings is 3. The van der Waals surface area contributed by atoms with Crippen molar-refractivity contribution in [3.05, 3.63) is 99.5 Å². The van der Waals surface area contributed by atoms with Crippen LogP contribution in [0.4, 0.5) is 10.5 Å². The number of carbonyl (C=O) groups is 3. The average molecular weight is 467 g/mol. The number of anilines is 1. The van der Waals surface area contributed by atoms with Crippen LogP contribution in [0, 0.1) is 0 Å². The fourth-order valence-electron chi connectivity index (χ4n) is 3.08. The molecule has 1 fully saturated rings. The summed E-state index contributed by atoms with van der Waals surface area (Å²) in [7, 11) is 0. The number of nitrogens with one attached hydrogen (secondary N) is 1. The Morgan fingerprint density at radius 1 is 0.875 bits per heavy atom. The molecule has 3 aromatic rings. The molecule has 4 amide bonds. The van der Waals surface area contributed by atoms with Crippen LogP contribution in [0.3, 0.4) is 0 Å². The van der Waals surface area contributed by atoms with Gasteiger partial charge in [-0.15, -0.1) is 0 Å². The van der Waals surface area contributed by atoms with Crippen molar-refractivity contribution in [2.45, 2.75) is 6.61 Å². The average Bonchev–Trinajstić information content (AvgIpc) is 2.79. The van der Waals surface area contributed by atoms with Gasteiger partial charge in [0.2, 0.25) is 0 Å². The third kappa shape index (κ3) is 4.66. The van der Waals surface area contributed by atoms with Crippen LogP contribution < -0.4 is 15.0 Å². The Morgan fingerprint density at radius 3 is 2.28 bits per heavy atom. The number of rotatable bonds is 5. The second-order valence-corrected chi connectivity index (χ2v) is 7.71. The molecule has 0 spiro atoms. The van der Waals surface area contributed by atoms with Crippen molar-refractivity contribution in [1.29, 1.82) is 0 Å². The van der Waals surface area contributed by atoms with Gasteiger partial charge in [-0.3, -0.25) is 14.9 Å². The first-order chi connectivity index (χ1) is 15.4. The van der Waals surface area contributed by atoms with Gasteiger partial charge in [-0.2, -0.15) is 0 Å². The van der Waals surface area contributed by atoms with Gasteiger partial charge in [0.25, 0.3) is 11.8 Å². The molecule has 160 valence electrons. The van der Waals surface area contributed by atoms with E-state index in [9.17, 15) is 14.4 Å². The lowest BCUT2D eigenvalue weighted by atomic mass is 10.1. The van der Waals surface area contributed by atoms with Crippen LogP contribution in [0.25, 0.3) is 6.08 Å². The van der Waals surface area contributed by atoms with E-state index < -0.39 is 17.8 Å². The first-order valence-corrected chi connectivity index (χ1v) is 10.3. The Bertz CT molecular complexity index is 1220. The van der Waals surface area contributed by atoms with Crippen LogP contribution in [0.2, 0.25) is 10.0 Å². The van der Waals surface area contributed by atoms with Crippen LogP contribution in [0.15, 0.2) is 78.4 Å². The van der Waals surface area contributed by atoms with Gasteiger partial charge in [0.05, 0.1) is 15.7 Å². The van der Waals surface area contributed by atoms with E-state index >= 15 is 0 Å². The lowest BCUT2D eigenvalue weighted by molar-refractivity contribution is -0.122. The highest BCUT2D eigenvalue weighted by Gasteiger charge is 2.37. The van der Waals surface area contributed by atoms with Crippen molar-refractivity contribution in [3.63, 3.8) is 0 Å². The van der Waals surface area contributed by atoms with E-state index in [0.29, 0.717) is 17.9 Å². The Hall–Kier alpha value is -3.61. The van der Waals surface area contributed by atoms with E-state index in [1.807, 2.05) is 30.3 Å². The Morgan fingerprint density at radius 2 is 1.59 bits per heavy atom. The van der Waals surface area contributed by atoms with Crippen LogP contribution in [0.5, 0.6) is 5.75 Å². The van der Waals surface area contributed by atoms with Gasteiger partial charge in [0.15, 0.2) is 0 Å². The van der Waals surface area contributed by atoms with Gasteiger partial charge < -0.3 is 4.74 Å². The fraction of sp³-hybridized carbons (Fsp3) is 0.0417. The standard InChI is InChI=1S/C24H16Cl2N2O4/c25-20-11-8-17(13-21(20)26)28-23(30)19(22(29)27-24(28)31)12-15-6-9-18(10-7-15)32-14-16-4-2-1-3-5-16/h1-13H,14H2,(H,27,29,31)/b19-12+.